The fourth-order valence-corrected chi connectivity index (χ4v) is 7.29. The van der Waals surface area contributed by atoms with Crippen LogP contribution < -0.4 is 0 Å². The van der Waals surface area contributed by atoms with Crippen molar-refractivity contribution in [3.05, 3.63) is 112 Å². The Bertz CT molecular complexity index is 1040. The highest BCUT2D eigenvalue weighted by molar-refractivity contribution is 6.53. The van der Waals surface area contributed by atoms with Crippen molar-refractivity contribution in [2.24, 2.45) is 0 Å². The third-order valence-electron chi connectivity index (χ3n) is 5.88. The van der Waals surface area contributed by atoms with Crippen LogP contribution in [0.15, 0.2) is 84.1 Å². The van der Waals surface area contributed by atoms with E-state index in [-0.39, 0.29) is 0 Å². The molecular formula is C25H22Si. The molecule has 26 heavy (non-hydrogen) atoms. The Morgan fingerprint density at radius 3 is 2.38 bits per heavy atom. The third kappa shape index (κ3) is 2.51. The second-order valence-corrected chi connectivity index (χ2v) is 9.56. The van der Waals surface area contributed by atoms with Gasteiger partial charge in [0.15, 0.2) is 0 Å². The molecule has 3 aromatic rings. The maximum absolute atomic E-state index is 2.47. The van der Waals surface area contributed by atoms with Crippen molar-refractivity contribution in [3.8, 4) is 0 Å². The molecule has 0 N–H and O–H groups in total. The van der Waals surface area contributed by atoms with Crippen LogP contribution in [0, 0.1) is 0 Å². The summed E-state index contributed by atoms with van der Waals surface area (Å²) in [6.45, 7) is 2.31. The Balaban J connectivity index is 1.56. The van der Waals surface area contributed by atoms with Gasteiger partial charge in [-0.3, -0.25) is 0 Å². The van der Waals surface area contributed by atoms with Crippen molar-refractivity contribution in [2.75, 3.05) is 0 Å². The summed E-state index contributed by atoms with van der Waals surface area (Å²) in [4.78, 5) is 0. The summed E-state index contributed by atoms with van der Waals surface area (Å²) >= 11 is 0. The number of hydrogen-bond acceptors (Lipinski definition) is 0. The van der Waals surface area contributed by atoms with E-state index in [2.05, 4.69) is 91.9 Å². The van der Waals surface area contributed by atoms with Crippen molar-refractivity contribution in [1.82, 2.24) is 0 Å². The normalized spacial score (nSPS) is 18.3. The molecule has 0 heterocycles. The summed E-state index contributed by atoms with van der Waals surface area (Å²) in [5.74, 6) is 0. The zero-order chi connectivity index (χ0) is 17.5. The number of rotatable bonds is 3. The number of hydrogen-bond donors (Lipinski definition) is 0. The zero-order valence-corrected chi connectivity index (χ0v) is 16.5. The molecule has 2 aliphatic rings. The summed E-state index contributed by atoms with van der Waals surface area (Å²) < 4.78 is 0. The van der Waals surface area contributed by atoms with Gasteiger partial charge in [0.05, 0.1) is 9.52 Å². The molecule has 0 spiro atoms. The predicted octanol–water partition coefficient (Wildman–Crippen LogP) is 5.44. The Morgan fingerprint density at radius 1 is 0.808 bits per heavy atom. The van der Waals surface area contributed by atoms with Crippen LogP contribution in [-0.2, 0) is 6.42 Å². The Kier molecular flexibility index (Phi) is 3.76. The van der Waals surface area contributed by atoms with Crippen molar-refractivity contribution in [1.29, 1.82) is 0 Å². The van der Waals surface area contributed by atoms with E-state index in [0.717, 1.165) is 6.42 Å². The van der Waals surface area contributed by atoms with Crippen molar-refractivity contribution < 1.29 is 0 Å². The van der Waals surface area contributed by atoms with Crippen LogP contribution in [0.4, 0.5) is 0 Å². The molecule has 0 aliphatic heterocycles. The summed E-state index contributed by atoms with van der Waals surface area (Å²) in [6.07, 6.45) is 3.63. The van der Waals surface area contributed by atoms with Crippen LogP contribution >= 0.6 is 0 Å². The zero-order valence-electron chi connectivity index (χ0n) is 15.1. The molecule has 0 aromatic heterocycles. The highest BCUT2D eigenvalue weighted by Gasteiger charge is 2.31. The second kappa shape index (κ2) is 6.26. The van der Waals surface area contributed by atoms with Crippen molar-refractivity contribution in [2.45, 2.75) is 18.9 Å². The summed E-state index contributed by atoms with van der Waals surface area (Å²) in [5.41, 5.74) is 11.0. The molecule has 0 amide bonds. The largest absolute Gasteiger partial charge is 0.0820 e. The quantitative estimate of drug-likeness (QED) is 0.552. The first-order chi connectivity index (χ1) is 12.8. The number of allylic oxidation sites excluding steroid dienone is 3. The van der Waals surface area contributed by atoms with Gasteiger partial charge in [-0.15, -0.1) is 0 Å². The van der Waals surface area contributed by atoms with E-state index in [0.29, 0.717) is 5.54 Å². The van der Waals surface area contributed by atoms with Gasteiger partial charge in [0, 0.05) is 5.54 Å². The van der Waals surface area contributed by atoms with Gasteiger partial charge in [0.25, 0.3) is 0 Å². The van der Waals surface area contributed by atoms with Gasteiger partial charge in [-0.05, 0) is 52.3 Å². The van der Waals surface area contributed by atoms with E-state index in [1.54, 1.807) is 16.3 Å². The minimum Gasteiger partial charge on any atom is -0.0820 e. The predicted molar refractivity (Wildman–Crippen MR) is 115 cm³/mol. The average Bonchev–Trinajstić information content (AvgIpc) is 3.22. The third-order valence-corrected chi connectivity index (χ3v) is 8.11. The molecule has 0 fully saturated rings. The van der Waals surface area contributed by atoms with Gasteiger partial charge in [0.2, 0.25) is 0 Å². The standard InChI is InChI=1S/C25H22Si/c1-17-22-13-7-8-14-23(22)25(24(17)18-9-3-2-4-10-18)26-21-15-19-11-5-6-12-20(19)16-21/h2-15,25H,16,26H2,1H3. The Morgan fingerprint density at radius 2 is 1.54 bits per heavy atom. The maximum Gasteiger partial charge on any atom is 0.0633 e. The molecule has 0 radical (unpaired) electrons. The van der Waals surface area contributed by atoms with Gasteiger partial charge >= 0.3 is 0 Å². The van der Waals surface area contributed by atoms with E-state index in [9.17, 15) is 0 Å². The van der Waals surface area contributed by atoms with Crippen molar-refractivity contribution in [3.63, 3.8) is 0 Å². The van der Waals surface area contributed by atoms with Crippen LogP contribution in [0.25, 0.3) is 17.2 Å². The number of fused-ring (bicyclic) bond motifs is 2. The fraction of sp³-hybridized carbons (Fsp3) is 0.120. The lowest BCUT2D eigenvalue weighted by atomic mass is 10.0. The van der Waals surface area contributed by atoms with E-state index >= 15 is 0 Å². The maximum atomic E-state index is 2.47. The average molecular weight is 351 g/mol. The van der Waals surface area contributed by atoms with E-state index < -0.39 is 9.52 Å². The van der Waals surface area contributed by atoms with Crippen LogP contribution in [0.2, 0.25) is 0 Å². The highest BCUT2D eigenvalue weighted by atomic mass is 28.2. The van der Waals surface area contributed by atoms with E-state index in [4.69, 9.17) is 0 Å². The lowest BCUT2D eigenvalue weighted by Crippen LogP contribution is -2.11. The molecule has 1 heteroatoms. The van der Waals surface area contributed by atoms with Crippen LogP contribution in [0.3, 0.4) is 0 Å². The molecule has 3 aromatic carbocycles. The smallest absolute Gasteiger partial charge is 0.0633 e. The van der Waals surface area contributed by atoms with Gasteiger partial charge in [0.1, 0.15) is 0 Å². The lowest BCUT2D eigenvalue weighted by molar-refractivity contribution is 1.21. The summed E-state index contributed by atoms with van der Waals surface area (Å²) in [5, 5.41) is 1.69. The minimum atomic E-state index is -0.428. The molecule has 0 saturated carbocycles. The van der Waals surface area contributed by atoms with Gasteiger partial charge in [-0.2, -0.15) is 0 Å². The monoisotopic (exact) mass is 350 g/mol. The van der Waals surface area contributed by atoms with Crippen LogP contribution in [0.5, 0.6) is 0 Å². The van der Waals surface area contributed by atoms with Crippen LogP contribution in [0.1, 0.15) is 40.3 Å². The topological polar surface area (TPSA) is 0 Å². The van der Waals surface area contributed by atoms with Gasteiger partial charge in [-0.25, -0.2) is 0 Å². The first kappa shape index (κ1) is 15.6. The number of benzene rings is 3. The molecule has 5 rings (SSSR count). The molecule has 0 bridgehead atoms. The van der Waals surface area contributed by atoms with Gasteiger partial charge in [-0.1, -0.05) is 90.1 Å². The second-order valence-electron chi connectivity index (χ2n) is 7.43. The molecule has 126 valence electrons. The Labute approximate surface area is 157 Å². The van der Waals surface area contributed by atoms with Crippen molar-refractivity contribution >= 4 is 26.7 Å². The minimum absolute atomic E-state index is 0.428. The fourth-order valence-electron chi connectivity index (χ4n) is 4.70. The molecule has 2 aliphatic carbocycles. The molecule has 0 nitrogen and oxygen atoms in total. The molecule has 0 saturated heterocycles. The first-order valence-electron chi connectivity index (χ1n) is 9.44. The highest BCUT2D eigenvalue weighted by Crippen LogP contribution is 2.47. The lowest BCUT2D eigenvalue weighted by Gasteiger charge is -2.18. The SMILES string of the molecule is CC1=C(c2ccccc2)C([SiH2]C2=Cc3ccccc3C2)c2ccccc21. The molecule has 1 atom stereocenters. The molecule has 1 unspecified atom stereocenters. The van der Waals surface area contributed by atoms with E-state index in [1.165, 1.54) is 27.8 Å². The van der Waals surface area contributed by atoms with Gasteiger partial charge < -0.3 is 0 Å². The molecular weight excluding hydrogens is 328 g/mol. The van der Waals surface area contributed by atoms with E-state index in [1.807, 2.05) is 0 Å². The Hall–Kier alpha value is -2.64. The summed E-state index contributed by atoms with van der Waals surface area (Å²) in [7, 11) is -0.428. The summed E-state index contributed by atoms with van der Waals surface area (Å²) in [6, 6.07) is 28.9. The van der Waals surface area contributed by atoms with Crippen LogP contribution in [-0.4, -0.2) is 9.52 Å². The first-order valence-corrected chi connectivity index (χ1v) is 11.0.